The predicted molar refractivity (Wildman–Crippen MR) is 75.2 cm³/mol. The van der Waals surface area contributed by atoms with E-state index in [2.05, 4.69) is 23.3 Å². The molecule has 1 fully saturated rings. The molecule has 2 nitrogen and oxygen atoms in total. The zero-order chi connectivity index (χ0) is 11.9. The van der Waals surface area contributed by atoms with Crippen LogP contribution in [-0.4, -0.2) is 18.1 Å². The van der Waals surface area contributed by atoms with Gasteiger partial charge in [-0.15, -0.1) is 11.3 Å². The molecule has 3 heteroatoms. The quantitative estimate of drug-likeness (QED) is 0.861. The van der Waals surface area contributed by atoms with Gasteiger partial charge in [-0.05, 0) is 31.4 Å². The van der Waals surface area contributed by atoms with Gasteiger partial charge in [0.05, 0.1) is 5.51 Å². The average molecular weight is 250 g/mol. The number of hydrogen-bond donors (Lipinski definition) is 1. The smallest absolute Gasteiger partial charge is 0.0797 e. The van der Waals surface area contributed by atoms with E-state index >= 15 is 0 Å². The molecule has 2 rings (SSSR count). The molecule has 94 valence electrons. The zero-order valence-corrected chi connectivity index (χ0v) is 11.4. The lowest BCUT2D eigenvalue weighted by atomic mass is 9.83. The number of thiazole rings is 1. The summed E-state index contributed by atoms with van der Waals surface area (Å²) in [6, 6.07) is 0. The van der Waals surface area contributed by atoms with Crippen LogP contribution in [0.25, 0.3) is 6.08 Å². The molecular weight excluding hydrogens is 228 g/mol. The number of hydrogen-bond acceptors (Lipinski definition) is 3. The first-order valence-electron chi connectivity index (χ1n) is 6.70. The van der Waals surface area contributed by atoms with Gasteiger partial charge in [0.15, 0.2) is 0 Å². The molecule has 0 bridgehead atoms. The maximum absolute atomic E-state index is 4.15. The highest BCUT2D eigenvalue weighted by Gasteiger charge is 2.17. The van der Waals surface area contributed by atoms with Crippen LogP contribution >= 0.6 is 11.3 Å². The van der Waals surface area contributed by atoms with E-state index in [1.807, 2.05) is 11.7 Å². The number of rotatable bonds is 5. The normalized spacial score (nSPS) is 18.5. The van der Waals surface area contributed by atoms with Crippen LogP contribution in [0.15, 0.2) is 17.3 Å². The molecule has 1 heterocycles. The summed E-state index contributed by atoms with van der Waals surface area (Å²) in [5, 5.41) is 3.47. The maximum atomic E-state index is 4.15. The van der Waals surface area contributed by atoms with Crippen molar-refractivity contribution in [2.24, 2.45) is 5.92 Å². The lowest BCUT2D eigenvalue weighted by Crippen LogP contribution is -2.21. The summed E-state index contributed by atoms with van der Waals surface area (Å²) >= 11 is 1.73. The molecular formula is C14H22N2S. The van der Waals surface area contributed by atoms with Crippen LogP contribution in [0.2, 0.25) is 0 Å². The number of aromatic nitrogens is 1. The molecule has 1 N–H and O–H groups in total. The Morgan fingerprint density at radius 3 is 2.94 bits per heavy atom. The maximum Gasteiger partial charge on any atom is 0.0797 e. The Hall–Kier alpha value is -0.670. The Morgan fingerprint density at radius 2 is 2.29 bits per heavy atom. The molecule has 1 aromatic rings. The van der Waals surface area contributed by atoms with E-state index in [-0.39, 0.29) is 0 Å². The van der Waals surface area contributed by atoms with Crippen molar-refractivity contribution in [2.45, 2.75) is 39.0 Å². The molecule has 0 aliphatic heterocycles. The Morgan fingerprint density at radius 1 is 1.47 bits per heavy atom. The summed E-state index contributed by atoms with van der Waals surface area (Å²) in [7, 11) is 0. The third-order valence-electron chi connectivity index (χ3n) is 3.49. The Labute approximate surface area is 108 Å². The lowest BCUT2D eigenvalue weighted by Gasteiger charge is -2.24. The Kier molecular flexibility index (Phi) is 5.20. The van der Waals surface area contributed by atoms with Gasteiger partial charge < -0.3 is 5.32 Å². The molecule has 0 aromatic carbocycles. The van der Waals surface area contributed by atoms with Gasteiger partial charge in [-0.25, -0.2) is 0 Å². The van der Waals surface area contributed by atoms with Crippen LogP contribution in [0, 0.1) is 5.92 Å². The van der Waals surface area contributed by atoms with Gasteiger partial charge in [-0.3, -0.25) is 4.98 Å². The SMILES string of the molecule is CCNCC(=Cc1cncs1)C1CCCCC1. The monoisotopic (exact) mass is 250 g/mol. The van der Waals surface area contributed by atoms with E-state index in [1.165, 1.54) is 37.0 Å². The summed E-state index contributed by atoms with van der Waals surface area (Å²) in [5.41, 5.74) is 3.49. The Bertz CT molecular complexity index is 337. The van der Waals surface area contributed by atoms with Gasteiger partial charge in [0.1, 0.15) is 0 Å². The average Bonchev–Trinajstić information content (AvgIpc) is 2.88. The summed E-state index contributed by atoms with van der Waals surface area (Å²) in [4.78, 5) is 5.45. The van der Waals surface area contributed by atoms with Crippen molar-refractivity contribution in [1.29, 1.82) is 0 Å². The first-order chi connectivity index (χ1) is 8.40. The molecule has 0 atom stereocenters. The van der Waals surface area contributed by atoms with Gasteiger partial charge in [0, 0.05) is 17.6 Å². The fraction of sp³-hybridized carbons (Fsp3) is 0.643. The second-order valence-corrected chi connectivity index (χ2v) is 5.66. The van der Waals surface area contributed by atoms with Crippen LogP contribution in [0.3, 0.4) is 0 Å². The number of nitrogens with zero attached hydrogens (tertiary/aromatic N) is 1. The second-order valence-electron chi connectivity index (χ2n) is 4.74. The van der Waals surface area contributed by atoms with E-state index in [1.54, 1.807) is 16.9 Å². The van der Waals surface area contributed by atoms with Crippen LogP contribution in [-0.2, 0) is 0 Å². The lowest BCUT2D eigenvalue weighted by molar-refractivity contribution is 0.397. The Balaban J connectivity index is 2.06. The summed E-state index contributed by atoms with van der Waals surface area (Å²) in [6.45, 7) is 4.26. The van der Waals surface area contributed by atoms with E-state index in [0.717, 1.165) is 19.0 Å². The van der Waals surface area contributed by atoms with Crippen molar-refractivity contribution in [1.82, 2.24) is 10.3 Å². The van der Waals surface area contributed by atoms with Crippen molar-refractivity contribution in [3.8, 4) is 0 Å². The summed E-state index contributed by atoms with van der Waals surface area (Å²) < 4.78 is 0. The van der Waals surface area contributed by atoms with Crippen LogP contribution in [0.5, 0.6) is 0 Å². The standard InChI is InChI=1S/C14H22N2S/c1-2-15-9-13(8-14-10-16-11-17-14)12-6-4-3-5-7-12/h8,10-12,15H,2-7,9H2,1H3. The van der Waals surface area contributed by atoms with E-state index < -0.39 is 0 Å². The van der Waals surface area contributed by atoms with E-state index in [4.69, 9.17) is 0 Å². The largest absolute Gasteiger partial charge is 0.313 e. The summed E-state index contributed by atoms with van der Waals surface area (Å²) in [6.07, 6.45) is 11.3. The highest BCUT2D eigenvalue weighted by Crippen LogP contribution is 2.30. The van der Waals surface area contributed by atoms with Crippen LogP contribution in [0.4, 0.5) is 0 Å². The van der Waals surface area contributed by atoms with E-state index in [9.17, 15) is 0 Å². The van der Waals surface area contributed by atoms with Crippen molar-refractivity contribution >= 4 is 17.4 Å². The molecule has 1 aromatic heterocycles. The minimum atomic E-state index is 0.796. The topological polar surface area (TPSA) is 24.9 Å². The number of nitrogens with one attached hydrogen (secondary N) is 1. The highest BCUT2D eigenvalue weighted by molar-refractivity contribution is 7.10. The predicted octanol–water partition coefficient (Wildman–Crippen LogP) is 3.72. The minimum absolute atomic E-state index is 0.796. The number of likely N-dealkylation sites (N-methyl/N-ethyl adjacent to an activating group) is 1. The molecule has 17 heavy (non-hydrogen) atoms. The third kappa shape index (κ3) is 3.93. The van der Waals surface area contributed by atoms with Crippen molar-refractivity contribution in [2.75, 3.05) is 13.1 Å². The van der Waals surface area contributed by atoms with Crippen LogP contribution < -0.4 is 5.32 Å². The molecule has 0 amide bonds. The first kappa shape index (κ1) is 12.8. The molecule has 0 saturated heterocycles. The first-order valence-corrected chi connectivity index (χ1v) is 7.57. The second kappa shape index (κ2) is 6.92. The fourth-order valence-corrected chi connectivity index (χ4v) is 3.12. The van der Waals surface area contributed by atoms with Gasteiger partial charge in [-0.2, -0.15) is 0 Å². The van der Waals surface area contributed by atoms with Crippen LogP contribution in [0.1, 0.15) is 43.9 Å². The zero-order valence-electron chi connectivity index (χ0n) is 10.6. The molecule has 0 unspecified atom stereocenters. The van der Waals surface area contributed by atoms with E-state index in [0.29, 0.717) is 0 Å². The molecule has 1 aliphatic rings. The fourth-order valence-electron chi connectivity index (χ4n) is 2.54. The molecule has 1 saturated carbocycles. The van der Waals surface area contributed by atoms with Crippen molar-refractivity contribution in [3.63, 3.8) is 0 Å². The molecule has 0 radical (unpaired) electrons. The third-order valence-corrected chi connectivity index (χ3v) is 4.21. The molecule has 0 spiro atoms. The van der Waals surface area contributed by atoms with Crippen molar-refractivity contribution < 1.29 is 0 Å². The molecule has 1 aliphatic carbocycles. The summed E-state index contributed by atoms with van der Waals surface area (Å²) in [5.74, 6) is 0.796. The highest BCUT2D eigenvalue weighted by atomic mass is 32.1. The van der Waals surface area contributed by atoms with Gasteiger partial charge in [-0.1, -0.05) is 31.8 Å². The minimum Gasteiger partial charge on any atom is -0.313 e. The van der Waals surface area contributed by atoms with Crippen molar-refractivity contribution in [3.05, 3.63) is 22.2 Å². The van der Waals surface area contributed by atoms with Gasteiger partial charge in [0.25, 0.3) is 0 Å². The van der Waals surface area contributed by atoms with Gasteiger partial charge >= 0.3 is 0 Å². The van der Waals surface area contributed by atoms with Gasteiger partial charge in [0.2, 0.25) is 0 Å².